The Kier molecular flexibility index (Phi) is 4.65. The van der Waals surface area contributed by atoms with Gasteiger partial charge in [0.25, 0.3) is 5.69 Å². The number of ether oxygens (including phenoxy) is 2. The molecule has 0 aromatic heterocycles. The van der Waals surface area contributed by atoms with Crippen molar-refractivity contribution in [2.45, 2.75) is 26.9 Å². The van der Waals surface area contributed by atoms with Gasteiger partial charge in [-0.15, -0.1) is 0 Å². The Balaban J connectivity index is 3.12. The zero-order valence-corrected chi connectivity index (χ0v) is 10.5. The number of carbonyl (C=O) groups excluding carboxylic acids is 1. The minimum Gasteiger partial charge on any atom is -0.491 e. The maximum atomic E-state index is 11.5. The summed E-state index contributed by atoms with van der Waals surface area (Å²) < 4.78 is 10.1. The van der Waals surface area contributed by atoms with Crippen molar-refractivity contribution in [1.82, 2.24) is 0 Å². The summed E-state index contributed by atoms with van der Waals surface area (Å²) in [5, 5.41) is 10.9. The molecule has 0 aliphatic carbocycles. The van der Waals surface area contributed by atoms with Crippen molar-refractivity contribution in [2.24, 2.45) is 0 Å². The van der Waals surface area contributed by atoms with E-state index in [2.05, 4.69) is 0 Å². The van der Waals surface area contributed by atoms with Gasteiger partial charge in [0.2, 0.25) is 0 Å². The van der Waals surface area contributed by atoms with Crippen LogP contribution in [0.4, 0.5) is 5.69 Å². The Labute approximate surface area is 105 Å². The molecule has 6 nitrogen and oxygen atoms in total. The van der Waals surface area contributed by atoms with Crippen molar-refractivity contribution >= 4 is 11.7 Å². The van der Waals surface area contributed by atoms with Crippen molar-refractivity contribution in [3.8, 4) is 5.75 Å². The van der Waals surface area contributed by atoms with E-state index in [1.165, 1.54) is 18.2 Å². The van der Waals surface area contributed by atoms with Gasteiger partial charge in [0.15, 0.2) is 0 Å². The molecule has 0 amide bonds. The van der Waals surface area contributed by atoms with Gasteiger partial charge < -0.3 is 9.47 Å². The van der Waals surface area contributed by atoms with Crippen LogP contribution < -0.4 is 4.74 Å². The van der Waals surface area contributed by atoms with Crippen LogP contribution in [0.1, 0.15) is 31.1 Å². The molecule has 0 spiro atoms. The number of esters is 1. The maximum absolute atomic E-state index is 11.5. The van der Waals surface area contributed by atoms with Crippen molar-refractivity contribution in [3.63, 3.8) is 0 Å². The fourth-order valence-electron chi connectivity index (χ4n) is 1.39. The zero-order chi connectivity index (χ0) is 13.7. The van der Waals surface area contributed by atoms with Crippen LogP contribution in [0.25, 0.3) is 0 Å². The van der Waals surface area contributed by atoms with Crippen LogP contribution in [-0.2, 0) is 4.74 Å². The summed E-state index contributed by atoms with van der Waals surface area (Å²) in [4.78, 5) is 21.8. The molecular formula is C12H15NO5. The van der Waals surface area contributed by atoms with Gasteiger partial charge in [-0.25, -0.2) is 4.79 Å². The number of hydrogen-bond donors (Lipinski definition) is 0. The summed E-state index contributed by atoms with van der Waals surface area (Å²) in [5.41, 5.74) is -0.385. The van der Waals surface area contributed by atoms with E-state index >= 15 is 0 Å². The van der Waals surface area contributed by atoms with Crippen LogP contribution >= 0.6 is 0 Å². The van der Waals surface area contributed by atoms with E-state index in [0.29, 0.717) is 5.75 Å². The van der Waals surface area contributed by atoms with Gasteiger partial charge in [-0.05, 0) is 32.9 Å². The molecule has 0 N–H and O–H groups in total. The van der Waals surface area contributed by atoms with Gasteiger partial charge in [-0.1, -0.05) is 0 Å². The Morgan fingerprint density at radius 3 is 2.61 bits per heavy atom. The molecule has 0 atom stereocenters. The monoisotopic (exact) mass is 253 g/mol. The van der Waals surface area contributed by atoms with Crippen LogP contribution in [0.5, 0.6) is 5.75 Å². The Morgan fingerprint density at radius 2 is 2.11 bits per heavy atom. The predicted molar refractivity (Wildman–Crippen MR) is 64.8 cm³/mol. The second-order valence-electron chi connectivity index (χ2n) is 3.82. The molecule has 0 saturated carbocycles. The van der Waals surface area contributed by atoms with Crippen molar-refractivity contribution < 1.29 is 19.2 Å². The molecule has 0 unspecified atom stereocenters. The first-order chi connectivity index (χ1) is 8.45. The minimum atomic E-state index is -0.708. The molecule has 1 rings (SSSR count). The van der Waals surface area contributed by atoms with E-state index in [0.717, 1.165) is 0 Å². The van der Waals surface area contributed by atoms with Gasteiger partial charge in [-0.3, -0.25) is 10.1 Å². The van der Waals surface area contributed by atoms with Crippen LogP contribution in [0.3, 0.4) is 0 Å². The normalized spacial score (nSPS) is 10.2. The lowest BCUT2D eigenvalue weighted by Gasteiger charge is -2.10. The van der Waals surface area contributed by atoms with Crippen molar-refractivity contribution in [2.75, 3.05) is 6.61 Å². The van der Waals surface area contributed by atoms with Crippen LogP contribution in [0.2, 0.25) is 0 Å². The summed E-state index contributed by atoms with van der Waals surface area (Å²) in [6, 6.07) is 4.08. The third kappa shape index (κ3) is 3.44. The summed E-state index contributed by atoms with van der Waals surface area (Å²) >= 11 is 0. The van der Waals surface area contributed by atoms with E-state index < -0.39 is 10.9 Å². The Hall–Kier alpha value is -2.11. The Bertz CT molecular complexity index is 456. The highest BCUT2D eigenvalue weighted by molar-refractivity contribution is 5.94. The molecule has 0 radical (unpaired) electrons. The summed E-state index contributed by atoms with van der Waals surface area (Å²) in [6.45, 7) is 5.43. The lowest BCUT2D eigenvalue weighted by molar-refractivity contribution is -0.385. The van der Waals surface area contributed by atoms with E-state index in [1.807, 2.05) is 13.8 Å². The highest BCUT2D eigenvalue weighted by Gasteiger charge is 2.22. The van der Waals surface area contributed by atoms with Gasteiger partial charge >= 0.3 is 5.97 Å². The molecule has 0 bridgehead atoms. The average molecular weight is 253 g/mol. The number of nitrogens with zero attached hydrogens (tertiary/aromatic N) is 1. The third-order valence-corrected chi connectivity index (χ3v) is 2.03. The average Bonchev–Trinajstić information content (AvgIpc) is 2.28. The first kappa shape index (κ1) is 14.0. The van der Waals surface area contributed by atoms with Gasteiger partial charge in [-0.2, -0.15) is 0 Å². The van der Waals surface area contributed by atoms with Gasteiger partial charge in [0.1, 0.15) is 11.3 Å². The molecule has 0 aliphatic rings. The number of nitro benzene ring substituents is 1. The number of nitro groups is 1. The van der Waals surface area contributed by atoms with Gasteiger partial charge in [0, 0.05) is 0 Å². The lowest BCUT2D eigenvalue weighted by Crippen LogP contribution is -2.10. The summed E-state index contributed by atoms with van der Waals surface area (Å²) in [5.74, 6) is -0.356. The fourth-order valence-corrected chi connectivity index (χ4v) is 1.39. The van der Waals surface area contributed by atoms with E-state index in [9.17, 15) is 14.9 Å². The summed E-state index contributed by atoms with van der Waals surface area (Å²) in [7, 11) is 0. The molecule has 0 heterocycles. The standard InChI is InChI=1S/C12H15NO5/c1-4-17-12(14)10-6-5-9(18-8(2)3)7-11(10)13(15)16/h5-8H,4H2,1-3H3. The SMILES string of the molecule is CCOC(=O)c1ccc(OC(C)C)cc1[N+](=O)[O-]. The van der Waals surface area contributed by atoms with Crippen LogP contribution in [0, 0.1) is 10.1 Å². The first-order valence-electron chi connectivity index (χ1n) is 5.58. The second-order valence-corrected chi connectivity index (χ2v) is 3.82. The molecule has 1 aromatic carbocycles. The molecule has 0 saturated heterocycles. The maximum Gasteiger partial charge on any atom is 0.345 e. The molecule has 0 fully saturated rings. The van der Waals surface area contributed by atoms with Gasteiger partial charge in [0.05, 0.1) is 23.7 Å². The van der Waals surface area contributed by atoms with Crippen LogP contribution in [0.15, 0.2) is 18.2 Å². The van der Waals surface area contributed by atoms with Crippen molar-refractivity contribution in [1.29, 1.82) is 0 Å². The molecule has 0 aliphatic heterocycles. The van der Waals surface area contributed by atoms with Crippen molar-refractivity contribution in [3.05, 3.63) is 33.9 Å². The zero-order valence-electron chi connectivity index (χ0n) is 10.5. The number of hydrogen-bond acceptors (Lipinski definition) is 5. The number of benzene rings is 1. The van der Waals surface area contributed by atoms with Crippen LogP contribution in [-0.4, -0.2) is 23.6 Å². The molecule has 98 valence electrons. The predicted octanol–water partition coefficient (Wildman–Crippen LogP) is 2.56. The highest BCUT2D eigenvalue weighted by atomic mass is 16.6. The first-order valence-corrected chi connectivity index (χ1v) is 5.58. The number of carbonyl (C=O) groups is 1. The largest absolute Gasteiger partial charge is 0.491 e. The smallest absolute Gasteiger partial charge is 0.345 e. The second kappa shape index (κ2) is 6.00. The third-order valence-electron chi connectivity index (χ3n) is 2.03. The topological polar surface area (TPSA) is 78.7 Å². The highest BCUT2D eigenvalue weighted by Crippen LogP contribution is 2.26. The quantitative estimate of drug-likeness (QED) is 0.457. The molecule has 1 aromatic rings. The fraction of sp³-hybridized carbons (Fsp3) is 0.417. The summed E-state index contributed by atoms with van der Waals surface area (Å²) in [6.07, 6.45) is -0.0990. The van der Waals surface area contributed by atoms with E-state index in [-0.39, 0.29) is 24.0 Å². The van der Waals surface area contributed by atoms with E-state index in [1.54, 1.807) is 6.92 Å². The molecule has 18 heavy (non-hydrogen) atoms. The Morgan fingerprint density at radius 1 is 1.44 bits per heavy atom. The molecular weight excluding hydrogens is 238 g/mol. The minimum absolute atomic E-state index is 0.0713. The molecule has 6 heteroatoms. The number of rotatable bonds is 5. The lowest BCUT2D eigenvalue weighted by atomic mass is 10.1. The van der Waals surface area contributed by atoms with E-state index in [4.69, 9.17) is 9.47 Å².